The maximum Gasteiger partial charge on any atom is 0.239 e. The standard InChI is InChI=1S/C14H21FN2O2/c1-10(2)13(16)14(18)17(3)7-8-19-12-6-4-5-11(15)9-12/h4-6,9-10,13H,7-8,16H2,1-3H3/t13-/m0/s1. The highest BCUT2D eigenvalue weighted by atomic mass is 19.1. The third-order valence-corrected chi connectivity index (χ3v) is 2.87. The Morgan fingerprint density at radius 3 is 2.74 bits per heavy atom. The molecule has 2 N–H and O–H groups in total. The first kappa shape index (κ1) is 15.4. The van der Waals surface area contributed by atoms with Crippen LogP contribution in [0, 0.1) is 11.7 Å². The van der Waals surface area contributed by atoms with E-state index in [0.29, 0.717) is 18.9 Å². The van der Waals surface area contributed by atoms with Gasteiger partial charge in [0.2, 0.25) is 5.91 Å². The molecule has 0 aliphatic heterocycles. The van der Waals surface area contributed by atoms with Crippen LogP contribution in [-0.2, 0) is 4.79 Å². The third-order valence-electron chi connectivity index (χ3n) is 2.87. The third kappa shape index (κ3) is 4.87. The molecule has 1 aromatic carbocycles. The van der Waals surface area contributed by atoms with E-state index in [9.17, 15) is 9.18 Å². The Morgan fingerprint density at radius 2 is 2.16 bits per heavy atom. The molecule has 0 spiro atoms. The molecule has 0 saturated heterocycles. The number of rotatable bonds is 6. The summed E-state index contributed by atoms with van der Waals surface area (Å²) in [6, 6.07) is 5.41. The number of hydrogen-bond donors (Lipinski definition) is 1. The zero-order valence-corrected chi connectivity index (χ0v) is 11.6. The summed E-state index contributed by atoms with van der Waals surface area (Å²) in [6.45, 7) is 4.52. The van der Waals surface area contributed by atoms with Crippen molar-refractivity contribution < 1.29 is 13.9 Å². The van der Waals surface area contributed by atoms with Crippen LogP contribution in [0.15, 0.2) is 24.3 Å². The van der Waals surface area contributed by atoms with E-state index in [1.165, 1.54) is 17.0 Å². The van der Waals surface area contributed by atoms with Crippen molar-refractivity contribution >= 4 is 5.91 Å². The van der Waals surface area contributed by atoms with Crippen molar-refractivity contribution in [1.29, 1.82) is 0 Å². The van der Waals surface area contributed by atoms with Crippen LogP contribution in [0.4, 0.5) is 4.39 Å². The van der Waals surface area contributed by atoms with Crippen molar-refractivity contribution in [2.75, 3.05) is 20.2 Å². The second-order valence-electron chi connectivity index (χ2n) is 4.84. The molecule has 0 bridgehead atoms. The minimum Gasteiger partial charge on any atom is -0.492 e. The van der Waals surface area contributed by atoms with Crippen molar-refractivity contribution in [3.8, 4) is 5.75 Å². The maximum atomic E-state index is 12.9. The molecule has 19 heavy (non-hydrogen) atoms. The fourth-order valence-electron chi connectivity index (χ4n) is 1.51. The Kier molecular flexibility index (Phi) is 5.76. The van der Waals surface area contributed by atoms with Gasteiger partial charge in [-0.05, 0) is 18.1 Å². The quantitative estimate of drug-likeness (QED) is 0.853. The smallest absolute Gasteiger partial charge is 0.239 e. The lowest BCUT2D eigenvalue weighted by Gasteiger charge is -2.23. The summed E-state index contributed by atoms with van der Waals surface area (Å²) in [4.78, 5) is 13.4. The van der Waals surface area contributed by atoms with Crippen LogP contribution in [0.3, 0.4) is 0 Å². The molecule has 0 aliphatic carbocycles. The summed E-state index contributed by atoms with van der Waals surface area (Å²) in [5, 5.41) is 0. The molecule has 0 aromatic heterocycles. The Hall–Kier alpha value is -1.62. The van der Waals surface area contributed by atoms with Gasteiger partial charge in [-0.1, -0.05) is 19.9 Å². The molecule has 4 nitrogen and oxygen atoms in total. The molecule has 0 unspecified atom stereocenters. The number of benzene rings is 1. The fraction of sp³-hybridized carbons (Fsp3) is 0.500. The monoisotopic (exact) mass is 268 g/mol. The van der Waals surface area contributed by atoms with Crippen molar-refractivity contribution in [2.45, 2.75) is 19.9 Å². The van der Waals surface area contributed by atoms with Gasteiger partial charge in [-0.15, -0.1) is 0 Å². The normalized spacial score (nSPS) is 12.3. The average Bonchev–Trinajstić information content (AvgIpc) is 2.36. The second-order valence-corrected chi connectivity index (χ2v) is 4.84. The largest absolute Gasteiger partial charge is 0.492 e. The molecular formula is C14H21FN2O2. The molecular weight excluding hydrogens is 247 g/mol. The minimum absolute atomic E-state index is 0.0964. The summed E-state index contributed by atoms with van der Waals surface area (Å²) in [6.07, 6.45) is 0. The van der Waals surface area contributed by atoms with Crippen LogP contribution in [-0.4, -0.2) is 37.0 Å². The van der Waals surface area contributed by atoms with Gasteiger partial charge >= 0.3 is 0 Å². The van der Waals surface area contributed by atoms with E-state index in [-0.39, 0.29) is 17.6 Å². The van der Waals surface area contributed by atoms with Crippen LogP contribution < -0.4 is 10.5 Å². The van der Waals surface area contributed by atoms with Gasteiger partial charge in [0.15, 0.2) is 0 Å². The first-order valence-electron chi connectivity index (χ1n) is 6.30. The number of amides is 1. The number of likely N-dealkylation sites (N-methyl/N-ethyl adjacent to an activating group) is 1. The number of nitrogens with two attached hydrogens (primary N) is 1. The summed E-state index contributed by atoms with van der Waals surface area (Å²) in [5.74, 6) is 0.0923. The van der Waals surface area contributed by atoms with Crippen LogP contribution in [0.5, 0.6) is 5.75 Å². The van der Waals surface area contributed by atoms with E-state index in [2.05, 4.69) is 0 Å². The number of carbonyl (C=O) groups is 1. The molecule has 1 amide bonds. The number of nitrogens with zero attached hydrogens (tertiary/aromatic N) is 1. The van der Waals surface area contributed by atoms with E-state index < -0.39 is 6.04 Å². The molecule has 0 fully saturated rings. The first-order valence-corrected chi connectivity index (χ1v) is 6.30. The number of hydrogen-bond acceptors (Lipinski definition) is 3. The van der Waals surface area contributed by atoms with Gasteiger partial charge in [0, 0.05) is 13.1 Å². The van der Waals surface area contributed by atoms with Crippen molar-refractivity contribution in [3.63, 3.8) is 0 Å². The molecule has 0 heterocycles. The molecule has 1 atom stereocenters. The van der Waals surface area contributed by atoms with Gasteiger partial charge in [0.05, 0.1) is 12.6 Å². The van der Waals surface area contributed by atoms with Crippen LogP contribution in [0.1, 0.15) is 13.8 Å². The SMILES string of the molecule is CC(C)[C@H](N)C(=O)N(C)CCOc1cccc(F)c1. The van der Waals surface area contributed by atoms with E-state index >= 15 is 0 Å². The lowest BCUT2D eigenvalue weighted by Crippen LogP contribution is -2.46. The predicted octanol–water partition coefficient (Wildman–Crippen LogP) is 1.65. The molecule has 0 aliphatic rings. The predicted molar refractivity (Wildman–Crippen MR) is 72.3 cm³/mol. The highest BCUT2D eigenvalue weighted by molar-refractivity contribution is 5.81. The summed E-state index contributed by atoms with van der Waals surface area (Å²) in [5.41, 5.74) is 5.78. The van der Waals surface area contributed by atoms with Gasteiger partial charge in [-0.3, -0.25) is 4.79 Å². The van der Waals surface area contributed by atoms with Crippen molar-refractivity contribution in [2.24, 2.45) is 11.7 Å². The highest BCUT2D eigenvalue weighted by Gasteiger charge is 2.20. The van der Waals surface area contributed by atoms with Gasteiger partial charge in [-0.25, -0.2) is 4.39 Å². The summed E-state index contributed by atoms with van der Waals surface area (Å²) >= 11 is 0. The van der Waals surface area contributed by atoms with E-state index in [0.717, 1.165) is 0 Å². The minimum atomic E-state index is -0.501. The summed E-state index contributed by atoms with van der Waals surface area (Å²) < 4.78 is 18.3. The van der Waals surface area contributed by atoms with Gasteiger partial charge in [0.1, 0.15) is 18.2 Å². The maximum absolute atomic E-state index is 12.9. The molecule has 1 aromatic rings. The zero-order valence-electron chi connectivity index (χ0n) is 11.6. The fourth-order valence-corrected chi connectivity index (χ4v) is 1.51. The first-order chi connectivity index (χ1) is 8.91. The van der Waals surface area contributed by atoms with E-state index in [4.69, 9.17) is 10.5 Å². The Labute approximate surface area is 113 Å². The summed E-state index contributed by atoms with van der Waals surface area (Å²) in [7, 11) is 1.68. The lowest BCUT2D eigenvalue weighted by molar-refractivity contribution is -0.132. The topological polar surface area (TPSA) is 55.6 Å². The Balaban J connectivity index is 2.38. The van der Waals surface area contributed by atoms with Gasteiger partial charge < -0.3 is 15.4 Å². The molecule has 106 valence electrons. The van der Waals surface area contributed by atoms with E-state index in [1.54, 1.807) is 19.2 Å². The molecule has 5 heteroatoms. The number of halogens is 1. The average molecular weight is 268 g/mol. The van der Waals surface area contributed by atoms with Gasteiger partial charge in [0.25, 0.3) is 0 Å². The van der Waals surface area contributed by atoms with Crippen molar-refractivity contribution in [1.82, 2.24) is 4.90 Å². The van der Waals surface area contributed by atoms with E-state index in [1.807, 2.05) is 13.8 Å². The molecule has 0 radical (unpaired) electrons. The second kappa shape index (κ2) is 7.09. The molecule has 1 rings (SSSR count). The number of carbonyl (C=O) groups excluding carboxylic acids is 1. The van der Waals surface area contributed by atoms with Crippen LogP contribution in [0.2, 0.25) is 0 Å². The Morgan fingerprint density at radius 1 is 1.47 bits per heavy atom. The highest BCUT2D eigenvalue weighted by Crippen LogP contribution is 2.11. The Bertz CT molecular complexity index is 424. The lowest BCUT2D eigenvalue weighted by atomic mass is 10.0. The van der Waals surface area contributed by atoms with Crippen LogP contribution in [0.25, 0.3) is 0 Å². The number of ether oxygens (including phenoxy) is 1. The van der Waals surface area contributed by atoms with Gasteiger partial charge in [-0.2, -0.15) is 0 Å². The van der Waals surface area contributed by atoms with Crippen molar-refractivity contribution in [3.05, 3.63) is 30.1 Å². The molecule has 0 saturated carbocycles. The van der Waals surface area contributed by atoms with Crippen LogP contribution >= 0.6 is 0 Å². The zero-order chi connectivity index (χ0) is 14.4.